The minimum absolute atomic E-state index is 0.0341. The van der Waals surface area contributed by atoms with Crippen LogP contribution in [0.2, 0.25) is 0 Å². The van der Waals surface area contributed by atoms with Gasteiger partial charge in [-0.15, -0.1) is 0 Å². The van der Waals surface area contributed by atoms with Gasteiger partial charge < -0.3 is 20.3 Å². The summed E-state index contributed by atoms with van der Waals surface area (Å²) in [6.07, 6.45) is 0.791. The number of hydrogen-bond acceptors (Lipinski definition) is 4. The smallest absolute Gasteiger partial charge is 0.260 e. The lowest BCUT2D eigenvalue weighted by atomic mass is 10.2. The van der Waals surface area contributed by atoms with Gasteiger partial charge in [-0.1, -0.05) is 12.1 Å². The largest absolute Gasteiger partial charge is 0.484 e. The van der Waals surface area contributed by atoms with Gasteiger partial charge in [0.15, 0.2) is 6.61 Å². The molecule has 0 spiro atoms. The quantitative estimate of drug-likeness (QED) is 0.860. The average molecular weight is 291 g/mol. The van der Waals surface area contributed by atoms with Crippen molar-refractivity contribution in [1.82, 2.24) is 9.80 Å². The van der Waals surface area contributed by atoms with Crippen LogP contribution in [-0.4, -0.2) is 54.9 Å². The number of nitrogens with two attached hydrogens (primary N) is 1. The Bertz CT molecular complexity index is 501. The van der Waals surface area contributed by atoms with E-state index in [-0.39, 0.29) is 25.0 Å². The van der Waals surface area contributed by atoms with Crippen molar-refractivity contribution in [3.8, 4) is 5.75 Å². The minimum Gasteiger partial charge on any atom is -0.484 e. The van der Waals surface area contributed by atoms with Crippen LogP contribution >= 0.6 is 0 Å². The van der Waals surface area contributed by atoms with Gasteiger partial charge in [-0.25, -0.2) is 0 Å². The van der Waals surface area contributed by atoms with E-state index in [1.807, 2.05) is 12.1 Å². The summed E-state index contributed by atoms with van der Waals surface area (Å²) < 4.78 is 5.47. The molecule has 1 saturated heterocycles. The number of nitrogens with zero attached hydrogens (tertiary/aromatic N) is 2. The Labute approximate surface area is 124 Å². The maximum absolute atomic E-state index is 12.1. The fraction of sp³-hybridized carbons (Fsp3) is 0.467. The first-order valence-electron chi connectivity index (χ1n) is 7.03. The summed E-state index contributed by atoms with van der Waals surface area (Å²) in [5.41, 5.74) is 6.53. The number of carbonyl (C=O) groups is 2. The minimum atomic E-state index is -0.165. The van der Waals surface area contributed by atoms with Gasteiger partial charge in [0.05, 0.1) is 6.54 Å². The lowest BCUT2D eigenvalue weighted by Crippen LogP contribution is -2.40. The molecule has 0 atom stereocenters. The molecule has 0 radical (unpaired) electrons. The van der Waals surface area contributed by atoms with Crippen LogP contribution in [-0.2, 0) is 16.1 Å². The van der Waals surface area contributed by atoms with Crippen LogP contribution in [0.1, 0.15) is 12.0 Å². The molecule has 0 bridgehead atoms. The van der Waals surface area contributed by atoms with Gasteiger partial charge in [0.2, 0.25) is 5.91 Å². The number of rotatable bonds is 4. The van der Waals surface area contributed by atoms with E-state index in [1.165, 1.54) is 0 Å². The maximum Gasteiger partial charge on any atom is 0.260 e. The molecule has 21 heavy (non-hydrogen) atoms. The fourth-order valence-corrected chi connectivity index (χ4v) is 2.16. The molecule has 0 unspecified atom stereocenters. The van der Waals surface area contributed by atoms with Gasteiger partial charge in [-0.05, 0) is 24.1 Å². The predicted molar refractivity (Wildman–Crippen MR) is 78.7 cm³/mol. The van der Waals surface area contributed by atoms with Crippen molar-refractivity contribution in [3.63, 3.8) is 0 Å². The van der Waals surface area contributed by atoms with Crippen molar-refractivity contribution in [3.05, 3.63) is 29.8 Å². The average Bonchev–Trinajstić information content (AvgIpc) is 2.67. The molecule has 6 nitrogen and oxygen atoms in total. The van der Waals surface area contributed by atoms with E-state index in [0.717, 1.165) is 12.0 Å². The highest BCUT2D eigenvalue weighted by molar-refractivity contribution is 5.85. The molecule has 1 aliphatic rings. The van der Waals surface area contributed by atoms with Gasteiger partial charge in [0, 0.05) is 26.7 Å². The van der Waals surface area contributed by atoms with Crippen molar-refractivity contribution < 1.29 is 14.3 Å². The molecule has 1 aliphatic heterocycles. The fourth-order valence-electron chi connectivity index (χ4n) is 2.16. The highest BCUT2D eigenvalue weighted by atomic mass is 16.5. The van der Waals surface area contributed by atoms with Crippen LogP contribution in [0, 0.1) is 0 Å². The van der Waals surface area contributed by atoms with Gasteiger partial charge in [0.25, 0.3) is 5.91 Å². The van der Waals surface area contributed by atoms with E-state index >= 15 is 0 Å². The van der Waals surface area contributed by atoms with E-state index in [2.05, 4.69) is 0 Å². The lowest BCUT2D eigenvalue weighted by Gasteiger charge is -2.19. The molecule has 1 aromatic carbocycles. The monoisotopic (exact) mass is 291 g/mol. The Morgan fingerprint density at radius 1 is 1.29 bits per heavy atom. The molecule has 2 rings (SSSR count). The van der Waals surface area contributed by atoms with Crippen LogP contribution in [0.15, 0.2) is 24.3 Å². The van der Waals surface area contributed by atoms with Gasteiger partial charge in [0.1, 0.15) is 5.75 Å². The van der Waals surface area contributed by atoms with Crippen molar-refractivity contribution in [2.24, 2.45) is 5.73 Å². The summed E-state index contributed by atoms with van der Waals surface area (Å²) in [6, 6.07) is 7.31. The van der Waals surface area contributed by atoms with E-state index in [1.54, 1.807) is 29.0 Å². The zero-order valence-electron chi connectivity index (χ0n) is 12.2. The van der Waals surface area contributed by atoms with Crippen molar-refractivity contribution in [2.45, 2.75) is 13.0 Å². The highest BCUT2D eigenvalue weighted by Crippen LogP contribution is 2.12. The van der Waals surface area contributed by atoms with Gasteiger partial charge in [-0.3, -0.25) is 9.59 Å². The second-order valence-electron chi connectivity index (χ2n) is 5.12. The molecule has 114 valence electrons. The zero-order valence-corrected chi connectivity index (χ0v) is 12.2. The first-order chi connectivity index (χ1) is 10.1. The summed E-state index contributed by atoms with van der Waals surface area (Å²) in [6.45, 7) is 1.82. The van der Waals surface area contributed by atoms with E-state index < -0.39 is 0 Å². The SMILES string of the molecule is CN1CCCN(C(=O)COc2ccc(CN)cc2)CC1=O. The topological polar surface area (TPSA) is 75.9 Å². The zero-order chi connectivity index (χ0) is 15.2. The van der Waals surface area contributed by atoms with E-state index in [9.17, 15) is 9.59 Å². The van der Waals surface area contributed by atoms with E-state index in [0.29, 0.717) is 25.4 Å². The molecule has 6 heteroatoms. The maximum atomic E-state index is 12.1. The normalized spacial score (nSPS) is 15.8. The van der Waals surface area contributed by atoms with Crippen LogP contribution in [0.25, 0.3) is 0 Å². The summed E-state index contributed by atoms with van der Waals surface area (Å²) in [7, 11) is 1.76. The third-order valence-corrected chi connectivity index (χ3v) is 3.55. The highest BCUT2D eigenvalue weighted by Gasteiger charge is 2.22. The Balaban J connectivity index is 1.87. The molecule has 0 aliphatic carbocycles. The molecule has 0 saturated carbocycles. The Hall–Kier alpha value is -2.08. The Morgan fingerprint density at radius 2 is 2.00 bits per heavy atom. The summed E-state index contributed by atoms with van der Waals surface area (Å²) >= 11 is 0. The summed E-state index contributed by atoms with van der Waals surface area (Å²) in [5, 5.41) is 0. The van der Waals surface area contributed by atoms with Gasteiger partial charge in [-0.2, -0.15) is 0 Å². The number of hydrogen-bond donors (Lipinski definition) is 1. The molecule has 1 heterocycles. The number of likely N-dealkylation sites (N-methyl/N-ethyl adjacent to an activating group) is 1. The van der Waals surface area contributed by atoms with Gasteiger partial charge >= 0.3 is 0 Å². The molecular formula is C15H21N3O3. The molecular weight excluding hydrogens is 270 g/mol. The first-order valence-corrected chi connectivity index (χ1v) is 7.03. The van der Waals surface area contributed by atoms with Crippen LogP contribution in [0.4, 0.5) is 0 Å². The van der Waals surface area contributed by atoms with Crippen LogP contribution in [0.5, 0.6) is 5.75 Å². The molecule has 2 amide bonds. The predicted octanol–water partition coefficient (Wildman–Crippen LogP) is 0.215. The third-order valence-electron chi connectivity index (χ3n) is 3.55. The molecule has 2 N–H and O–H groups in total. The lowest BCUT2D eigenvalue weighted by molar-refractivity contribution is -0.139. The number of amides is 2. The molecule has 0 aromatic heterocycles. The van der Waals surface area contributed by atoms with Crippen LogP contribution < -0.4 is 10.5 Å². The number of carbonyl (C=O) groups excluding carboxylic acids is 2. The van der Waals surface area contributed by atoms with E-state index in [4.69, 9.17) is 10.5 Å². The summed E-state index contributed by atoms with van der Waals surface area (Å²) in [5.74, 6) is 0.425. The van der Waals surface area contributed by atoms with Crippen molar-refractivity contribution >= 4 is 11.8 Å². The number of ether oxygens (including phenoxy) is 1. The number of benzene rings is 1. The van der Waals surface area contributed by atoms with Crippen LogP contribution in [0.3, 0.4) is 0 Å². The Morgan fingerprint density at radius 3 is 2.67 bits per heavy atom. The first kappa shape index (κ1) is 15.3. The second-order valence-corrected chi connectivity index (χ2v) is 5.12. The molecule has 1 aromatic rings. The molecule has 1 fully saturated rings. The standard InChI is InChI=1S/C15H21N3O3/c1-17-7-2-8-18(10-14(17)19)15(20)11-21-13-5-3-12(9-16)4-6-13/h3-6H,2,7-11,16H2,1H3. The summed E-state index contributed by atoms with van der Waals surface area (Å²) in [4.78, 5) is 27.1. The second kappa shape index (κ2) is 7.08. The van der Waals surface area contributed by atoms with Crippen molar-refractivity contribution in [1.29, 1.82) is 0 Å². The Kier molecular flexibility index (Phi) is 5.16. The van der Waals surface area contributed by atoms with Crippen molar-refractivity contribution in [2.75, 3.05) is 33.3 Å². The third kappa shape index (κ3) is 4.19.